The van der Waals surface area contributed by atoms with Gasteiger partial charge in [0.05, 0.1) is 19.3 Å². The SMILES string of the molecule is CCCCCN(CCO)Cc1ncc(-c2ccc(Cl)cc2)o1. The van der Waals surface area contributed by atoms with E-state index in [0.717, 1.165) is 24.3 Å². The van der Waals surface area contributed by atoms with Crippen molar-refractivity contribution in [3.05, 3.63) is 41.4 Å². The topological polar surface area (TPSA) is 49.5 Å². The Morgan fingerprint density at radius 1 is 1.18 bits per heavy atom. The van der Waals surface area contributed by atoms with Crippen LogP contribution in [0, 0.1) is 0 Å². The summed E-state index contributed by atoms with van der Waals surface area (Å²) >= 11 is 5.89. The van der Waals surface area contributed by atoms with Crippen molar-refractivity contribution >= 4 is 11.6 Å². The number of halogens is 1. The molecule has 0 unspecified atom stereocenters. The number of unbranched alkanes of at least 4 members (excludes halogenated alkanes) is 2. The second-order valence-electron chi connectivity index (χ2n) is 5.33. The first-order valence-electron chi connectivity index (χ1n) is 7.76. The van der Waals surface area contributed by atoms with Gasteiger partial charge in [0.25, 0.3) is 0 Å². The van der Waals surface area contributed by atoms with Crippen molar-refractivity contribution in [3.8, 4) is 11.3 Å². The molecule has 1 aromatic carbocycles. The predicted molar refractivity (Wildman–Crippen MR) is 88.8 cm³/mol. The summed E-state index contributed by atoms with van der Waals surface area (Å²) in [5, 5.41) is 9.88. The van der Waals surface area contributed by atoms with Gasteiger partial charge in [0.1, 0.15) is 0 Å². The highest BCUT2D eigenvalue weighted by Gasteiger charge is 2.11. The summed E-state index contributed by atoms with van der Waals surface area (Å²) in [5.41, 5.74) is 0.961. The van der Waals surface area contributed by atoms with Gasteiger partial charge in [-0.3, -0.25) is 4.90 Å². The van der Waals surface area contributed by atoms with Gasteiger partial charge >= 0.3 is 0 Å². The Balaban J connectivity index is 1.98. The van der Waals surface area contributed by atoms with Crippen LogP contribution in [0.3, 0.4) is 0 Å². The first kappa shape index (κ1) is 17.0. The Morgan fingerprint density at radius 3 is 2.64 bits per heavy atom. The minimum Gasteiger partial charge on any atom is -0.439 e. The molecule has 0 fully saturated rings. The second kappa shape index (κ2) is 8.93. The van der Waals surface area contributed by atoms with Gasteiger partial charge < -0.3 is 9.52 Å². The number of hydrogen-bond donors (Lipinski definition) is 1. The normalized spacial score (nSPS) is 11.3. The number of benzene rings is 1. The highest BCUT2D eigenvalue weighted by Crippen LogP contribution is 2.22. The average molecular weight is 323 g/mol. The van der Waals surface area contributed by atoms with Crippen LogP contribution >= 0.6 is 11.6 Å². The molecule has 0 spiro atoms. The zero-order chi connectivity index (χ0) is 15.8. The van der Waals surface area contributed by atoms with E-state index in [-0.39, 0.29) is 6.61 Å². The average Bonchev–Trinajstić information content (AvgIpc) is 2.97. The number of aromatic nitrogens is 1. The molecule has 1 N–H and O–H groups in total. The van der Waals surface area contributed by atoms with Crippen molar-refractivity contribution in [1.82, 2.24) is 9.88 Å². The zero-order valence-corrected chi connectivity index (χ0v) is 13.7. The van der Waals surface area contributed by atoms with Crippen LogP contribution in [0.1, 0.15) is 32.1 Å². The summed E-state index contributed by atoms with van der Waals surface area (Å²) in [7, 11) is 0. The number of oxazole rings is 1. The van der Waals surface area contributed by atoms with Crippen LogP contribution in [0.25, 0.3) is 11.3 Å². The van der Waals surface area contributed by atoms with Gasteiger partial charge in [-0.25, -0.2) is 4.98 Å². The molecule has 0 saturated heterocycles. The predicted octanol–water partition coefficient (Wildman–Crippen LogP) is 3.98. The molecule has 4 nitrogen and oxygen atoms in total. The molecule has 0 aliphatic heterocycles. The fraction of sp³-hybridized carbons (Fsp3) is 0.471. The minimum absolute atomic E-state index is 0.150. The van der Waals surface area contributed by atoms with E-state index in [1.54, 1.807) is 6.20 Å². The highest BCUT2D eigenvalue weighted by molar-refractivity contribution is 6.30. The van der Waals surface area contributed by atoms with E-state index in [1.807, 2.05) is 24.3 Å². The maximum atomic E-state index is 9.18. The van der Waals surface area contributed by atoms with Crippen molar-refractivity contribution in [1.29, 1.82) is 0 Å². The Bertz CT molecular complexity index is 554. The van der Waals surface area contributed by atoms with Gasteiger partial charge in [-0.1, -0.05) is 31.4 Å². The Hall–Kier alpha value is -1.36. The number of aliphatic hydroxyl groups excluding tert-OH is 1. The molecular weight excluding hydrogens is 300 g/mol. The van der Waals surface area contributed by atoms with E-state index in [4.69, 9.17) is 16.0 Å². The van der Waals surface area contributed by atoms with E-state index >= 15 is 0 Å². The minimum atomic E-state index is 0.150. The van der Waals surface area contributed by atoms with E-state index in [0.29, 0.717) is 24.0 Å². The molecule has 22 heavy (non-hydrogen) atoms. The molecule has 2 rings (SSSR count). The molecule has 1 aromatic heterocycles. The van der Waals surface area contributed by atoms with Gasteiger partial charge in [-0.15, -0.1) is 0 Å². The van der Waals surface area contributed by atoms with Crippen molar-refractivity contribution in [2.45, 2.75) is 32.7 Å². The Morgan fingerprint density at radius 2 is 1.95 bits per heavy atom. The molecule has 0 radical (unpaired) electrons. The van der Waals surface area contributed by atoms with Crippen LogP contribution in [0.2, 0.25) is 5.02 Å². The summed E-state index contributed by atoms with van der Waals surface area (Å²) in [4.78, 5) is 6.52. The molecule has 0 atom stereocenters. The molecule has 1 heterocycles. The molecule has 0 saturated carbocycles. The van der Waals surface area contributed by atoms with Gasteiger partial charge in [0.2, 0.25) is 5.89 Å². The maximum absolute atomic E-state index is 9.18. The lowest BCUT2D eigenvalue weighted by Gasteiger charge is -2.19. The number of rotatable bonds is 9. The molecular formula is C17H23ClN2O2. The third-order valence-corrected chi connectivity index (χ3v) is 3.79. The van der Waals surface area contributed by atoms with Gasteiger partial charge in [0.15, 0.2) is 5.76 Å². The third kappa shape index (κ3) is 5.13. The number of hydrogen-bond acceptors (Lipinski definition) is 4. The monoisotopic (exact) mass is 322 g/mol. The maximum Gasteiger partial charge on any atom is 0.209 e. The highest BCUT2D eigenvalue weighted by atomic mass is 35.5. The van der Waals surface area contributed by atoms with Crippen LogP contribution in [0.4, 0.5) is 0 Å². The standard InChI is InChI=1S/C17H23ClN2O2/c1-2-3-4-9-20(10-11-21)13-17-19-12-16(22-17)14-5-7-15(18)8-6-14/h5-8,12,21H,2-4,9-11,13H2,1H3. The van der Waals surface area contributed by atoms with Gasteiger partial charge in [-0.2, -0.15) is 0 Å². The zero-order valence-electron chi connectivity index (χ0n) is 13.0. The summed E-state index contributed by atoms with van der Waals surface area (Å²) < 4.78 is 5.82. The summed E-state index contributed by atoms with van der Waals surface area (Å²) in [6.45, 7) is 4.55. The largest absolute Gasteiger partial charge is 0.439 e. The van der Waals surface area contributed by atoms with Crippen LogP contribution in [-0.4, -0.2) is 34.7 Å². The smallest absolute Gasteiger partial charge is 0.209 e. The summed E-state index contributed by atoms with van der Waals surface area (Å²) in [6.07, 6.45) is 5.25. The van der Waals surface area contributed by atoms with Crippen LogP contribution in [0.5, 0.6) is 0 Å². The fourth-order valence-electron chi connectivity index (χ4n) is 2.32. The second-order valence-corrected chi connectivity index (χ2v) is 5.77. The third-order valence-electron chi connectivity index (χ3n) is 3.54. The molecule has 2 aromatic rings. The lowest BCUT2D eigenvalue weighted by Crippen LogP contribution is -2.27. The quantitative estimate of drug-likeness (QED) is 0.709. The lowest BCUT2D eigenvalue weighted by molar-refractivity contribution is 0.176. The molecule has 0 amide bonds. The van der Waals surface area contributed by atoms with Crippen molar-refractivity contribution in [3.63, 3.8) is 0 Å². The van der Waals surface area contributed by atoms with Gasteiger partial charge in [0, 0.05) is 17.1 Å². The van der Waals surface area contributed by atoms with Crippen molar-refractivity contribution in [2.24, 2.45) is 0 Å². The summed E-state index contributed by atoms with van der Waals surface area (Å²) in [5.74, 6) is 1.42. The lowest BCUT2D eigenvalue weighted by atomic mass is 10.2. The molecule has 5 heteroatoms. The molecule has 0 aliphatic rings. The van der Waals surface area contributed by atoms with Crippen molar-refractivity contribution < 1.29 is 9.52 Å². The van der Waals surface area contributed by atoms with Crippen LogP contribution in [0.15, 0.2) is 34.9 Å². The summed E-state index contributed by atoms with van der Waals surface area (Å²) in [6, 6.07) is 7.50. The Kier molecular flexibility index (Phi) is 6.90. The van der Waals surface area contributed by atoms with Crippen LogP contribution < -0.4 is 0 Å². The van der Waals surface area contributed by atoms with Crippen LogP contribution in [-0.2, 0) is 6.54 Å². The van der Waals surface area contributed by atoms with E-state index in [9.17, 15) is 5.11 Å². The fourth-order valence-corrected chi connectivity index (χ4v) is 2.44. The molecule has 0 bridgehead atoms. The number of nitrogens with zero attached hydrogens (tertiary/aromatic N) is 2. The van der Waals surface area contributed by atoms with E-state index in [2.05, 4.69) is 16.8 Å². The van der Waals surface area contributed by atoms with Crippen molar-refractivity contribution in [2.75, 3.05) is 19.7 Å². The van der Waals surface area contributed by atoms with E-state index in [1.165, 1.54) is 12.8 Å². The van der Waals surface area contributed by atoms with Gasteiger partial charge in [-0.05, 0) is 37.2 Å². The molecule has 120 valence electrons. The van der Waals surface area contributed by atoms with E-state index < -0.39 is 0 Å². The first-order valence-corrected chi connectivity index (χ1v) is 8.14. The Labute approximate surface area is 136 Å². The number of aliphatic hydroxyl groups is 1. The molecule has 0 aliphatic carbocycles. The first-order chi connectivity index (χ1) is 10.7.